The third-order valence-corrected chi connectivity index (χ3v) is 4.78. The second-order valence-electron chi connectivity index (χ2n) is 6.51. The predicted octanol–water partition coefficient (Wildman–Crippen LogP) is 3.69. The molecule has 1 aromatic carbocycles. The monoisotopic (exact) mass is 339 g/mol. The predicted molar refractivity (Wildman–Crippen MR) is 100 cm³/mol. The number of fused-ring (bicyclic) bond motifs is 1. The Morgan fingerprint density at radius 3 is 2.60 bits per heavy atom. The van der Waals surface area contributed by atoms with Gasteiger partial charge in [0.15, 0.2) is 12.3 Å². The normalized spacial score (nSPS) is 13.7. The standard InChI is InChI=1S/C21H27N2O2/c1-4-6-19-20-12-7-16(3)23(20)14-13-22(19)15-21(24)17-8-10-18(11-9-17)25-5-2/h7-12H,4-6,13-15H2,1-3H3/q+1. The third-order valence-electron chi connectivity index (χ3n) is 4.78. The summed E-state index contributed by atoms with van der Waals surface area (Å²) in [4.78, 5) is 12.7. The van der Waals surface area contributed by atoms with Crippen molar-refractivity contribution in [3.8, 4) is 5.75 Å². The van der Waals surface area contributed by atoms with E-state index in [1.54, 1.807) is 0 Å². The van der Waals surface area contributed by atoms with Crippen LogP contribution in [0, 0.1) is 6.92 Å². The first-order chi connectivity index (χ1) is 12.1. The summed E-state index contributed by atoms with van der Waals surface area (Å²) in [6.07, 6.45) is 2.08. The molecule has 1 aliphatic rings. The second kappa shape index (κ2) is 7.68. The molecule has 0 aliphatic carbocycles. The quantitative estimate of drug-likeness (QED) is 0.569. The molecule has 4 heteroatoms. The Morgan fingerprint density at radius 1 is 1.16 bits per heavy atom. The minimum atomic E-state index is 0.161. The molecule has 25 heavy (non-hydrogen) atoms. The lowest BCUT2D eigenvalue weighted by Crippen LogP contribution is -2.36. The summed E-state index contributed by atoms with van der Waals surface area (Å²) in [5, 5.41) is 0. The number of carbonyl (C=O) groups is 1. The zero-order valence-corrected chi connectivity index (χ0v) is 15.4. The van der Waals surface area contributed by atoms with E-state index in [0.29, 0.717) is 13.2 Å². The third kappa shape index (κ3) is 3.68. The number of carbonyl (C=O) groups excluding carboxylic acids is 1. The summed E-state index contributed by atoms with van der Waals surface area (Å²) in [5.41, 5.74) is 4.60. The fourth-order valence-electron chi connectivity index (χ4n) is 3.50. The van der Waals surface area contributed by atoms with Gasteiger partial charge >= 0.3 is 0 Å². The Balaban J connectivity index is 1.83. The maximum Gasteiger partial charge on any atom is 0.227 e. The fourth-order valence-corrected chi connectivity index (χ4v) is 3.50. The molecular weight excluding hydrogens is 312 g/mol. The van der Waals surface area contributed by atoms with Crippen LogP contribution in [0.15, 0.2) is 36.4 Å². The number of rotatable bonds is 7. The minimum absolute atomic E-state index is 0.161. The molecule has 132 valence electrons. The summed E-state index contributed by atoms with van der Waals surface area (Å²) < 4.78 is 10.1. The highest BCUT2D eigenvalue weighted by molar-refractivity contribution is 5.99. The first kappa shape index (κ1) is 17.5. The van der Waals surface area contributed by atoms with Crippen molar-refractivity contribution < 1.29 is 14.1 Å². The molecule has 0 atom stereocenters. The van der Waals surface area contributed by atoms with Gasteiger partial charge in [0.05, 0.1) is 13.2 Å². The van der Waals surface area contributed by atoms with E-state index >= 15 is 0 Å². The summed E-state index contributed by atoms with van der Waals surface area (Å²) in [5.74, 6) is 0.969. The highest BCUT2D eigenvalue weighted by Gasteiger charge is 2.27. The van der Waals surface area contributed by atoms with E-state index in [0.717, 1.165) is 37.2 Å². The Hall–Kier alpha value is -2.36. The molecule has 4 nitrogen and oxygen atoms in total. The number of hydrogen-bond acceptors (Lipinski definition) is 2. The van der Waals surface area contributed by atoms with Crippen LogP contribution in [0.5, 0.6) is 5.75 Å². The molecule has 0 spiro atoms. The van der Waals surface area contributed by atoms with Crippen molar-refractivity contribution in [3.63, 3.8) is 0 Å². The molecule has 0 radical (unpaired) electrons. The molecule has 0 amide bonds. The highest BCUT2D eigenvalue weighted by atomic mass is 16.5. The smallest absolute Gasteiger partial charge is 0.227 e. The maximum atomic E-state index is 12.7. The van der Waals surface area contributed by atoms with Crippen molar-refractivity contribution in [2.24, 2.45) is 0 Å². The van der Waals surface area contributed by atoms with Crippen LogP contribution in [-0.2, 0) is 6.54 Å². The molecule has 0 fully saturated rings. The first-order valence-corrected chi connectivity index (χ1v) is 9.17. The molecule has 2 aromatic rings. The van der Waals surface area contributed by atoms with Gasteiger partial charge in [0.1, 0.15) is 11.4 Å². The Kier molecular flexibility index (Phi) is 5.37. The largest absolute Gasteiger partial charge is 0.494 e. The lowest BCUT2D eigenvalue weighted by Gasteiger charge is -2.19. The molecule has 1 aromatic heterocycles. The first-order valence-electron chi connectivity index (χ1n) is 9.17. The van der Waals surface area contributed by atoms with Gasteiger partial charge in [0.2, 0.25) is 12.3 Å². The van der Waals surface area contributed by atoms with Gasteiger partial charge in [0.25, 0.3) is 0 Å². The van der Waals surface area contributed by atoms with E-state index < -0.39 is 0 Å². The molecule has 0 saturated heterocycles. The number of aromatic nitrogens is 1. The van der Waals surface area contributed by atoms with Crippen molar-refractivity contribution in [3.05, 3.63) is 53.3 Å². The number of benzene rings is 1. The number of ketones is 1. The van der Waals surface area contributed by atoms with E-state index in [-0.39, 0.29) is 5.78 Å². The Labute approximate surface area is 149 Å². The molecule has 3 rings (SSSR count). The molecule has 0 unspecified atom stereocenters. The zero-order chi connectivity index (χ0) is 17.8. The molecule has 0 bridgehead atoms. The van der Waals surface area contributed by atoms with Crippen molar-refractivity contribution in [2.75, 3.05) is 19.7 Å². The summed E-state index contributed by atoms with van der Waals surface area (Å²) in [6, 6.07) is 11.8. The average Bonchev–Trinajstić information content (AvgIpc) is 2.99. The van der Waals surface area contributed by atoms with Crippen LogP contribution in [0.4, 0.5) is 0 Å². The van der Waals surface area contributed by atoms with Crippen LogP contribution < -0.4 is 4.74 Å². The highest BCUT2D eigenvalue weighted by Crippen LogP contribution is 2.18. The van der Waals surface area contributed by atoms with E-state index in [2.05, 4.69) is 35.1 Å². The van der Waals surface area contributed by atoms with Crippen molar-refractivity contribution in [1.29, 1.82) is 0 Å². The van der Waals surface area contributed by atoms with E-state index in [1.165, 1.54) is 17.1 Å². The van der Waals surface area contributed by atoms with Crippen LogP contribution in [0.1, 0.15) is 48.4 Å². The lowest BCUT2D eigenvalue weighted by molar-refractivity contribution is -0.519. The Bertz CT molecular complexity index is 785. The molecule has 2 heterocycles. The number of hydrogen-bond donors (Lipinski definition) is 0. The van der Waals surface area contributed by atoms with Gasteiger partial charge in [0, 0.05) is 17.7 Å². The van der Waals surface area contributed by atoms with Crippen LogP contribution in [0.25, 0.3) is 0 Å². The summed E-state index contributed by atoms with van der Waals surface area (Å²) in [7, 11) is 0. The number of ether oxygens (including phenoxy) is 1. The van der Waals surface area contributed by atoms with Crippen molar-refractivity contribution in [1.82, 2.24) is 4.57 Å². The van der Waals surface area contributed by atoms with E-state index in [4.69, 9.17) is 4.74 Å². The van der Waals surface area contributed by atoms with Gasteiger partial charge in [-0.15, -0.1) is 0 Å². The van der Waals surface area contributed by atoms with Gasteiger partial charge < -0.3 is 9.30 Å². The number of aryl methyl sites for hydroxylation is 1. The number of Topliss-reactive ketones (excluding diaryl/α,β-unsaturated/α-hetero) is 1. The maximum absolute atomic E-state index is 12.7. The Morgan fingerprint density at radius 2 is 1.92 bits per heavy atom. The van der Waals surface area contributed by atoms with Gasteiger partial charge in [-0.2, -0.15) is 0 Å². The van der Waals surface area contributed by atoms with Crippen LogP contribution in [0.3, 0.4) is 0 Å². The summed E-state index contributed by atoms with van der Waals surface area (Å²) >= 11 is 0. The lowest BCUT2D eigenvalue weighted by atomic mass is 10.1. The SMILES string of the molecule is CCCC1=[N+](CC(=O)c2ccc(OCC)cc2)CCn2c(C)ccc21. The second-order valence-corrected chi connectivity index (χ2v) is 6.51. The van der Waals surface area contributed by atoms with E-state index in [1.807, 2.05) is 31.2 Å². The van der Waals surface area contributed by atoms with Gasteiger partial charge in [-0.05, 0) is 56.7 Å². The van der Waals surface area contributed by atoms with E-state index in [9.17, 15) is 4.79 Å². The minimum Gasteiger partial charge on any atom is -0.494 e. The topological polar surface area (TPSA) is 34.2 Å². The van der Waals surface area contributed by atoms with Crippen molar-refractivity contribution >= 4 is 11.5 Å². The molecular formula is C21H27N2O2+. The van der Waals surface area contributed by atoms with Gasteiger partial charge in [-0.1, -0.05) is 6.92 Å². The molecule has 0 saturated carbocycles. The van der Waals surface area contributed by atoms with Crippen LogP contribution in [0.2, 0.25) is 0 Å². The van der Waals surface area contributed by atoms with Gasteiger partial charge in [-0.25, -0.2) is 4.58 Å². The number of nitrogens with zero attached hydrogens (tertiary/aromatic N) is 2. The van der Waals surface area contributed by atoms with Gasteiger partial charge in [-0.3, -0.25) is 4.79 Å². The summed E-state index contributed by atoms with van der Waals surface area (Å²) in [6.45, 7) is 9.20. The molecule has 0 N–H and O–H groups in total. The van der Waals surface area contributed by atoms with Crippen molar-refractivity contribution in [2.45, 2.75) is 40.2 Å². The molecule has 1 aliphatic heterocycles. The van der Waals surface area contributed by atoms with Crippen LogP contribution >= 0.6 is 0 Å². The van der Waals surface area contributed by atoms with Crippen LogP contribution in [-0.4, -0.2) is 40.3 Å². The fraction of sp³-hybridized carbons (Fsp3) is 0.429. The average molecular weight is 339 g/mol. The zero-order valence-electron chi connectivity index (χ0n) is 15.4.